The van der Waals surface area contributed by atoms with Crippen LogP contribution in [-0.2, 0) is 0 Å². The standard InChI is InChI=1S/C19H26ClI2NO3/c1-10(2)26-18-13(21)7-12(15(20)16(18)22)17(25)11(3)8-23-14(9-24)19(4,5)6/h7-8,10,14,23-24H,9H2,1-6H3/t14-/m1/s1. The van der Waals surface area contributed by atoms with Crippen molar-refractivity contribution in [3.63, 3.8) is 0 Å². The highest BCUT2D eigenvalue weighted by atomic mass is 127. The molecule has 0 saturated carbocycles. The van der Waals surface area contributed by atoms with Crippen LogP contribution in [0.5, 0.6) is 5.75 Å². The Morgan fingerprint density at radius 1 is 1.38 bits per heavy atom. The minimum atomic E-state index is -0.153. The molecule has 4 nitrogen and oxygen atoms in total. The van der Waals surface area contributed by atoms with Crippen molar-refractivity contribution in [3.05, 3.63) is 35.6 Å². The molecule has 0 spiro atoms. The van der Waals surface area contributed by atoms with Gasteiger partial charge < -0.3 is 15.2 Å². The van der Waals surface area contributed by atoms with Crippen LogP contribution < -0.4 is 10.1 Å². The predicted octanol–water partition coefficient (Wildman–Crippen LogP) is 5.42. The third kappa shape index (κ3) is 6.24. The van der Waals surface area contributed by atoms with Crippen LogP contribution >= 0.6 is 56.8 Å². The summed E-state index contributed by atoms with van der Waals surface area (Å²) in [6.45, 7) is 11.7. The lowest BCUT2D eigenvalue weighted by Gasteiger charge is -2.29. The third-order valence-electron chi connectivity index (χ3n) is 3.80. The summed E-state index contributed by atoms with van der Waals surface area (Å²) in [4.78, 5) is 12.9. The zero-order chi connectivity index (χ0) is 20.2. The molecule has 0 radical (unpaired) electrons. The van der Waals surface area contributed by atoms with Crippen LogP contribution in [0, 0.1) is 12.6 Å². The maximum atomic E-state index is 12.9. The molecule has 1 rings (SSSR count). The van der Waals surface area contributed by atoms with Crippen molar-refractivity contribution in [1.29, 1.82) is 0 Å². The van der Waals surface area contributed by atoms with Crippen molar-refractivity contribution in [1.82, 2.24) is 5.32 Å². The zero-order valence-corrected chi connectivity index (χ0v) is 21.0. The fraction of sp³-hybridized carbons (Fsp3) is 0.526. The van der Waals surface area contributed by atoms with Crippen molar-refractivity contribution in [3.8, 4) is 5.75 Å². The van der Waals surface area contributed by atoms with E-state index in [1.54, 1.807) is 19.2 Å². The van der Waals surface area contributed by atoms with Gasteiger partial charge in [0.2, 0.25) is 0 Å². The van der Waals surface area contributed by atoms with Gasteiger partial charge in [-0.2, -0.15) is 0 Å². The van der Waals surface area contributed by atoms with Gasteiger partial charge in [-0.3, -0.25) is 4.79 Å². The second-order valence-electron chi connectivity index (χ2n) is 7.45. The Bertz CT molecular complexity index is 697. The summed E-state index contributed by atoms with van der Waals surface area (Å²) in [6.07, 6.45) is 1.68. The molecule has 26 heavy (non-hydrogen) atoms. The van der Waals surface area contributed by atoms with Gasteiger partial charge in [-0.1, -0.05) is 32.4 Å². The highest BCUT2D eigenvalue weighted by Crippen LogP contribution is 2.37. The molecule has 0 aliphatic heterocycles. The van der Waals surface area contributed by atoms with Crippen molar-refractivity contribution >= 4 is 62.6 Å². The molecule has 0 amide bonds. The number of aliphatic hydroxyl groups is 1. The van der Waals surface area contributed by atoms with E-state index >= 15 is 0 Å². The molecule has 1 aromatic rings. The molecule has 0 aromatic heterocycles. The molecule has 1 aromatic carbocycles. The second kappa shape index (κ2) is 9.93. The first-order valence-electron chi connectivity index (χ1n) is 8.32. The topological polar surface area (TPSA) is 58.6 Å². The summed E-state index contributed by atoms with van der Waals surface area (Å²) >= 11 is 10.7. The monoisotopic (exact) mass is 605 g/mol. The van der Waals surface area contributed by atoms with Crippen molar-refractivity contribution in [2.24, 2.45) is 5.41 Å². The number of rotatable bonds is 7. The minimum Gasteiger partial charge on any atom is -0.489 e. The van der Waals surface area contributed by atoms with Crippen molar-refractivity contribution < 1.29 is 14.6 Å². The highest BCUT2D eigenvalue weighted by molar-refractivity contribution is 14.1. The summed E-state index contributed by atoms with van der Waals surface area (Å²) in [5.74, 6) is 0.551. The zero-order valence-electron chi connectivity index (χ0n) is 15.9. The van der Waals surface area contributed by atoms with Gasteiger partial charge in [0, 0.05) is 17.3 Å². The van der Waals surface area contributed by atoms with Crippen LogP contribution in [0.2, 0.25) is 5.02 Å². The quantitative estimate of drug-likeness (QED) is 0.189. The van der Waals surface area contributed by atoms with E-state index in [-0.39, 0.29) is 30.0 Å². The molecule has 146 valence electrons. The van der Waals surface area contributed by atoms with Gasteiger partial charge in [-0.05, 0) is 77.4 Å². The largest absolute Gasteiger partial charge is 0.489 e. The normalized spacial score (nSPS) is 13.7. The fourth-order valence-electron chi connectivity index (χ4n) is 2.17. The second-order valence-corrected chi connectivity index (χ2v) is 10.1. The van der Waals surface area contributed by atoms with Gasteiger partial charge in [-0.15, -0.1) is 0 Å². The molecule has 2 N–H and O–H groups in total. The van der Waals surface area contributed by atoms with Gasteiger partial charge in [0.05, 0.1) is 30.9 Å². The molecule has 0 heterocycles. The first-order valence-corrected chi connectivity index (χ1v) is 10.9. The predicted molar refractivity (Wildman–Crippen MR) is 124 cm³/mol. The molecule has 0 aliphatic carbocycles. The number of carbonyl (C=O) groups is 1. The van der Waals surface area contributed by atoms with Crippen LogP contribution in [0.3, 0.4) is 0 Å². The number of hydrogen-bond donors (Lipinski definition) is 2. The number of Topliss-reactive ketones (excluding diaryl/α,β-unsaturated/α-hetero) is 1. The summed E-state index contributed by atoms with van der Waals surface area (Å²) < 4.78 is 7.40. The van der Waals surface area contributed by atoms with Crippen molar-refractivity contribution in [2.45, 2.75) is 53.7 Å². The third-order valence-corrected chi connectivity index (χ3v) is 6.34. The summed E-state index contributed by atoms with van der Waals surface area (Å²) in [5, 5.41) is 13.1. The molecule has 1 atom stereocenters. The molecule has 0 fully saturated rings. The first kappa shape index (κ1) is 24.0. The lowest BCUT2D eigenvalue weighted by molar-refractivity contribution is 0.103. The highest BCUT2D eigenvalue weighted by Gasteiger charge is 2.24. The lowest BCUT2D eigenvalue weighted by atomic mass is 9.87. The summed E-state index contributed by atoms with van der Waals surface area (Å²) in [7, 11) is 0. The van der Waals surface area contributed by atoms with E-state index in [1.165, 1.54) is 0 Å². The van der Waals surface area contributed by atoms with E-state index in [9.17, 15) is 9.90 Å². The molecule has 0 bridgehead atoms. The smallest absolute Gasteiger partial charge is 0.191 e. The van der Waals surface area contributed by atoms with E-state index in [4.69, 9.17) is 16.3 Å². The number of carbonyl (C=O) groups excluding carboxylic acids is 1. The van der Waals surface area contributed by atoms with Crippen LogP contribution in [0.4, 0.5) is 0 Å². The number of allylic oxidation sites excluding steroid dienone is 1. The number of ketones is 1. The molecule has 0 aliphatic rings. The van der Waals surface area contributed by atoms with E-state index in [0.29, 0.717) is 21.9 Å². The van der Waals surface area contributed by atoms with Gasteiger partial charge in [0.1, 0.15) is 5.75 Å². The van der Waals surface area contributed by atoms with E-state index in [0.717, 1.165) is 7.14 Å². The van der Waals surface area contributed by atoms with Crippen LogP contribution in [0.15, 0.2) is 17.8 Å². The van der Waals surface area contributed by atoms with E-state index in [2.05, 4.69) is 50.5 Å². The molecule has 0 saturated heterocycles. The minimum absolute atomic E-state index is 0.0146. The Hall–Kier alpha value is -0.0600. The van der Waals surface area contributed by atoms with Crippen LogP contribution in [0.25, 0.3) is 0 Å². The number of nitrogens with one attached hydrogen (secondary N) is 1. The van der Waals surface area contributed by atoms with Gasteiger partial charge in [0.15, 0.2) is 5.78 Å². The van der Waals surface area contributed by atoms with Crippen molar-refractivity contribution in [2.75, 3.05) is 6.61 Å². The Morgan fingerprint density at radius 2 is 1.96 bits per heavy atom. The van der Waals surface area contributed by atoms with Gasteiger partial charge >= 0.3 is 0 Å². The Morgan fingerprint density at radius 3 is 2.42 bits per heavy atom. The summed E-state index contributed by atoms with van der Waals surface area (Å²) in [5.41, 5.74) is 0.842. The van der Waals surface area contributed by atoms with Gasteiger partial charge in [0.25, 0.3) is 0 Å². The number of hydrogen-bond acceptors (Lipinski definition) is 4. The molecular weight excluding hydrogens is 579 g/mol. The fourth-order valence-corrected chi connectivity index (χ4v) is 4.33. The average molecular weight is 606 g/mol. The maximum Gasteiger partial charge on any atom is 0.191 e. The van der Waals surface area contributed by atoms with E-state index < -0.39 is 0 Å². The lowest BCUT2D eigenvalue weighted by Crippen LogP contribution is -2.40. The Kier molecular flexibility index (Phi) is 9.16. The number of halogens is 3. The maximum absolute atomic E-state index is 12.9. The Labute approximate surface area is 188 Å². The van der Waals surface area contributed by atoms with E-state index in [1.807, 2.05) is 34.6 Å². The van der Waals surface area contributed by atoms with Crippen LogP contribution in [0.1, 0.15) is 51.9 Å². The Balaban J connectivity index is 3.15. The number of benzene rings is 1. The van der Waals surface area contributed by atoms with Crippen LogP contribution in [-0.4, -0.2) is 29.6 Å². The molecule has 7 heteroatoms. The summed E-state index contributed by atoms with van der Waals surface area (Å²) in [6, 6.07) is 1.61. The molecular formula is C19H26ClI2NO3. The number of ether oxygens (including phenoxy) is 1. The SMILES string of the molecule is CC(=CN[C@H](CO)C(C)(C)C)C(=O)c1cc(I)c(OC(C)C)c(I)c1Cl. The van der Waals surface area contributed by atoms with Gasteiger partial charge in [-0.25, -0.2) is 0 Å². The molecule has 0 unspecified atom stereocenters. The first-order chi connectivity index (χ1) is 11.9. The average Bonchev–Trinajstić information content (AvgIpc) is 2.53. The number of aliphatic hydroxyl groups excluding tert-OH is 1.